The standard InChI is InChI=1S/C29H23O12S2.3Na.O3S/c30-25-14-2-1-3-15(25)5-18-10-23(42(36,37)38)12-20(27(18)32)7-21-13-24(43(39,40)41)11-19(28(21)33)6-17-9-22(29(34)35)8-16(4-14)26(17)31;;;;1-4(2)3/h2-3,8-13,30-33H,4-7H2,(H,34,35)(H,36,37,38)(H,39,40,41);;;;/q-1;3*+1;/p-2. The minimum atomic E-state index is -5.14. The van der Waals surface area contributed by atoms with Crippen LogP contribution in [0.25, 0.3) is 0 Å². The first-order valence-corrected chi connectivity index (χ1v) is 16.7. The third kappa shape index (κ3) is 11.0. The molecule has 0 spiro atoms. The zero-order chi connectivity index (χ0) is 35.0. The minimum Gasteiger partial charge on any atom is -0.744 e. The summed E-state index contributed by atoms with van der Waals surface area (Å²) in [4.78, 5) is 10.4. The number of hydrogen-bond acceptors (Lipinski definition) is 14. The van der Waals surface area contributed by atoms with Crippen LogP contribution in [0, 0.1) is 6.07 Å². The Morgan fingerprint density at radius 1 is 0.560 bits per heavy atom. The number of rotatable bonds is 3. The maximum atomic E-state index is 12.0. The van der Waals surface area contributed by atoms with Gasteiger partial charge in [-0.3, -0.25) is 0 Å². The van der Waals surface area contributed by atoms with Gasteiger partial charge in [0.25, 0.3) is 0 Å². The van der Waals surface area contributed by atoms with Crippen molar-refractivity contribution < 1.29 is 158 Å². The summed E-state index contributed by atoms with van der Waals surface area (Å²) in [6.45, 7) is 0. The van der Waals surface area contributed by atoms with Crippen LogP contribution in [-0.2, 0) is 56.5 Å². The number of carboxylic acids is 1. The Hall–Kier alpha value is -2.01. The van der Waals surface area contributed by atoms with E-state index in [1.165, 1.54) is 18.2 Å². The average molecular weight is 775 g/mol. The van der Waals surface area contributed by atoms with Gasteiger partial charge in [0.15, 0.2) is 0 Å². The Kier molecular flexibility index (Phi) is 16.7. The maximum Gasteiger partial charge on any atom is 1.00 e. The number of carboxylic acid groups (broad SMARTS) is 1. The van der Waals surface area contributed by atoms with E-state index in [0.29, 0.717) is 0 Å². The fraction of sp³-hybridized carbons (Fsp3) is 0.138. The zero-order valence-electron chi connectivity index (χ0n) is 26.5. The van der Waals surface area contributed by atoms with Crippen molar-refractivity contribution in [2.24, 2.45) is 0 Å². The number of fused-ring (bicyclic) bond motifs is 8. The molecular weight excluding hydrogens is 753 g/mol. The van der Waals surface area contributed by atoms with Crippen LogP contribution in [0.15, 0.2) is 58.3 Å². The van der Waals surface area contributed by atoms with Gasteiger partial charge in [0.05, 0.1) is 15.4 Å². The summed E-state index contributed by atoms with van der Waals surface area (Å²) in [5.41, 5.74) is -0.796. The summed E-state index contributed by atoms with van der Waals surface area (Å²) < 4.78 is 97.4. The Labute approximate surface area is 353 Å². The number of phenols is 4. The van der Waals surface area contributed by atoms with Gasteiger partial charge in [0.1, 0.15) is 37.5 Å². The van der Waals surface area contributed by atoms with Gasteiger partial charge in [-0.1, -0.05) is 0 Å². The summed E-state index contributed by atoms with van der Waals surface area (Å²) in [6.07, 6.45) is -1.58. The van der Waals surface area contributed by atoms with Crippen LogP contribution in [-0.4, -0.2) is 70.1 Å². The Morgan fingerprint density at radius 3 is 1.06 bits per heavy atom. The molecule has 5 rings (SSSR count). The molecule has 1 aliphatic carbocycles. The normalized spacial score (nSPS) is 12.0. The van der Waals surface area contributed by atoms with E-state index in [9.17, 15) is 56.3 Å². The van der Waals surface area contributed by atoms with Crippen molar-refractivity contribution in [1.29, 1.82) is 0 Å². The first-order valence-electron chi connectivity index (χ1n) is 12.9. The monoisotopic (exact) mass is 774 g/mol. The van der Waals surface area contributed by atoms with Crippen LogP contribution in [0.4, 0.5) is 0 Å². The molecule has 4 aromatic rings. The molecule has 21 heteroatoms. The maximum absolute atomic E-state index is 12.0. The topological polar surface area (TPSA) is 284 Å². The van der Waals surface area contributed by atoms with Crippen molar-refractivity contribution in [2.45, 2.75) is 35.5 Å². The zero-order valence-corrected chi connectivity index (χ0v) is 34.9. The molecular formula is C29H21Na3O15S3. The Balaban J connectivity index is 0.00000169. The van der Waals surface area contributed by atoms with Gasteiger partial charge in [-0.15, -0.1) is 23.8 Å². The van der Waals surface area contributed by atoms with Gasteiger partial charge in [0, 0.05) is 18.6 Å². The van der Waals surface area contributed by atoms with Gasteiger partial charge >= 0.3 is 105 Å². The molecule has 0 aliphatic heterocycles. The molecule has 0 saturated heterocycles. The quantitative estimate of drug-likeness (QED) is 0.0647. The van der Waals surface area contributed by atoms with Crippen LogP contribution in [0.1, 0.15) is 54.9 Å². The molecule has 0 atom stereocenters. The van der Waals surface area contributed by atoms with E-state index in [4.69, 9.17) is 12.6 Å². The third-order valence-electron chi connectivity index (χ3n) is 7.22. The first kappa shape index (κ1) is 46.0. The molecule has 15 nitrogen and oxygen atoms in total. The second-order valence-corrected chi connectivity index (χ2v) is 13.5. The molecule has 5 N–H and O–H groups in total. The second kappa shape index (κ2) is 18.2. The molecule has 1 aliphatic rings. The molecule has 0 radical (unpaired) electrons. The van der Waals surface area contributed by atoms with Gasteiger partial charge in [-0.2, -0.15) is 18.2 Å². The third-order valence-corrected chi connectivity index (χ3v) is 8.85. The van der Waals surface area contributed by atoms with Gasteiger partial charge in [-0.05, 0) is 82.6 Å². The molecule has 0 amide bonds. The summed E-state index contributed by atoms with van der Waals surface area (Å²) in [5, 5.41) is 54.1. The van der Waals surface area contributed by atoms with E-state index in [-0.39, 0.29) is 157 Å². The van der Waals surface area contributed by atoms with E-state index < -0.39 is 76.7 Å². The van der Waals surface area contributed by atoms with E-state index in [1.54, 1.807) is 0 Å². The Bertz CT molecular complexity index is 2290. The van der Waals surface area contributed by atoms with E-state index >= 15 is 0 Å². The molecule has 50 heavy (non-hydrogen) atoms. The van der Waals surface area contributed by atoms with Crippen molar-refractivity contribution in [3.05, 3.63) is 105 Å². The van der Waals surface area contributed by atoms with E-state index in [2.05, 4.69) is 6.07 Å². The van der Waals surface area contributed by atoms with Crippen molar-refractivity contribution in [3.8, 4) is 23.0 Å². The number of carbonyl (C=O) groups is 1. The summed E-state index contributed by atoms with van der Waals surface area (Å²) >= 11 is 0. The van der Waals surface area contributed by atoms with Crippen LogP contribution in [0.5, 0.6) is 23.0 Å². The smallest absolute Gasteiger partial charge is 0.744 e. The second-order valence-electron chi connectivity index (χ2n) is 10.3. The fourth-order valence-corrected chi connectivity index (χ4v) is 6.26. The van der Waals surface area contributed by atoms with Gasteiger partial charge < -0.3 is 34.6 Å². The van der Waals surface area contributed by atoms with E-state index in [1.807, 2.05) is 0 Å². The minimum absolute atomic E-state index is 0. The van der Waals surface area contributed by atoms with Crippen molar-refractivity contribution in [3.63, 3.8) is 0 Å². The summed E-state index contributed by atoms with van der Waals surface area (Å²) in [7, 11) is -13.3. The fourth-order valence-electron chi connectivity index (χ4n) is 5.11. The van der Waals surface area contributed by atoms with Crippen LogP contribution >= 0.6 is 0 Å². The van der Waals surface area contributed by atoms with Crippen molar-refractivity contribution in [1.82, 2.24) is 0 Å². The first-order chi connectivity index (χ1) is 21.8. The molecule has 0 aromatic heterocycles. The van der Waals surface area contributed by atoms with Crippen molar-refractivity contribution in [2.75, 3.05) is 0 Å². The molecule has 0 saturated carbocycles. The molecule has 0 heterocycles. The Morgan fingerprint density at radius 2 is 0.800 bits per heavy atom. The molecule has 8 bridgehead atoms. The molecule has 0 fully saturated rings. The number of aromatic carboxylic acids is 1. The summed E-state index contributed by atoms with van der Waals surface area (Å²) in [6, 6.07) is 11.2. The number of benzene rings is 4. The van der Waals surface area contributed by atoms with Crippen LogP contribution in [0.3, 0.4) is 0 Å². The molecule has 4 aromatic carbocycles. The molecule has 248 valence electrons. The van der Waals surface area contributed by atoms with Gasteiger partial charge in [0.2, 0.25) is 0 Å². The van der Waals surface area contributed by atoms with Crippen LogP contribution < -0.4 is 88.7 Å². The molecule has 0 unspecified atom stereocenters. The predicted molar refractivity (Wildman–Crippen MR) is 155 cm³/mol. The average Bonchev–Trinajstić information content (AvgIpc) is 2.94. The van der Waals surface area contributed by atoms with Crippen LogP contribution in [0.2, 0.25) is 0 Å². The summed E-state index contributed by atoms with van der Waals surface area (Å²) in [5.74, 6) is -3.20. The number of aromatic hydroxyl groups is 4. The predicted octanol–water partition coefficient (Wildman–Crippen LogP) is -7.50. The SMILES string of the molecule is O=C(O)c1cc2c(O)c(c1)Cc1cc(S(=O)(=O)[O-])cc(c1O)Cc1cc(S(=O)(=O)[O-])cc(c1O)Cc1c[c-]cc(c1O)C2.O=S(=O)=O.[Na+].[Na+].[Na+]. The largest absolute Gasteiger partial charge is 1.00 e. The number of hydrogen-bond donors (Lipinski definition) is 5. The van der Waals surface area contributed by atoms with Gasteiger partial charge in [-0.25, -0.2) is 21.6 Å². The number of phenolic OH excluding ortho intramolecular Hbond substituents is 4. The van der Waals surface area contributed by atoms with E-state index in [0.717, 1.165) is 30.3 Å². The van der Waals surface area contributed by atoms with Crippen molar-refractivity contribution >= 4 is 36.8 Å².